The third-order valence-corrected chi connectivity index (χ3v) is 2.96. The fourth-order valence-electron chi connectivity index (χ4n) is 1.95. The summed E-state index contributed by atoms with van der Waals surface area (Å²) < 4.78 is 5.73. The topological polar surface area (TPSA) is 30.2 Å². The third kappa shape index (κ3) is 2.12. The van der Waals surface area contributed by atoms with Gasteiger partial charge in [-0.15, -0.1) is 0 Å². The fraction of sp³-hybridized carbons (Fsp3) is 0.400. The first-order chi connectivity index (χ1) is 8.00. The molecule has 0 spiro atoms. The highest BCUT2D eigenvalue weighted by atomic mass is 16.3. The molecule has 2 nitrogen and oxygen atoms in total. The third-order valence-electron chi connectivity index (χ3n) is 2.96. The van der Waals surface area contributed by atoms with Gasteiger partial charge in [-0.3, -0.25) is 4.79 Å². The summed E-state index contributed by atoms with van der Waals surface area (Å²) in [7, 11) is 0. The lowest BCUT2D eigenvalue weighted by atomic mass is 10.0. The van der Waals surface area contributed by atoms with Crippen molar-refractivity contribution in [1.82, 2.24) is 0 Å². The van der Waals surface area contributed by atoms with Gasteiger partial charge in [-0.25, -0.2) is 0 Å². The molecule has 0 aliphatic heterocycles. The van der Waals surface area contributed by atoms with E-state index in [0.29, 0.717) is 11.7 Å². The zero-order valence-electron chi connectivity index (χ0n) is 10.8. The van der Waals surface area contributed by atoms with E-state index in [-0.39, 0.29) is 11.7 Å². The molecule has 0 aliphatic carbocycles. The molecule has 0 atom stereocenters. The van der Waals surface area contributed by atoms with Crippen LogP contribution in [-0.2, 0) is 0 Å². The van der Waals surface area contributed by atoms with Crippen LogP contribution in [-0.4, -0.2) is 5.78 Å². The number of carbonyl (C=O) groups excluding carboxylic acids is 1. The molecule has 0 aliphatic rings. The van der Waals surface area contributed by atoms with E-state index in [0.717, 1.165) is 16.5 Å². The lowest BCUT2D eigenvalue weighted by Crippen LogP contribution is -2.05. The van der Waals surface area contributed by atoms with Gasteiger partial charge >= 0.3 is 0 Å². The van der Waals surface area contributed by atoms with Crippen molar-refractivity contribution >= 4 is 16.8 Å². The molecule has 0 amide bonds. The Morgan fingerprint density at radius 2 is 1.88 bits per heavy atom. The fourth-order valence-corrected chi connectivity index (χ4v) is 1.95. The SMILES string of the molecule is CC(C)C(=O)c1cc2cccc(C(C)C)c2o1. The van der Waals surface area contributed by atoms with Gasteiger partial charge in [0.15, 0.2) is 5.76 Å². The molecule has 0 unspecified atom stereocenters. The number of benzene rings is 1. The molecule has 2 rings (SSSR count). The summed E-state index contributed by atoms with van der Waals surface area (Å²) in [6.07, 6.45) is 0. The molecule has 0 radical (unpaired) electrons. The number of hydrogen-bond donors (Lipinski definition) is 0. The summed E-state index contributed by atoms with van der Waals surface area (Å²) >= 11 is 0. The minimum absolute atomic E-state index is 0.0296. The number of rotatable bonds is 3. The Balaban J connectivity index is 2.58. The summed E-state index contributed by atoms with van der Waals surface area (Å²) in [6, 6.07) is 7.91. The van der Waals surface area contributed by atoms with Crippen molar-refractivity contribution in [1.29, 1.82) is 0 Å². The highest BCUT2D eigenvalue weighted by molar-refractivity contribution is 5.99. The van der Waals surface area contributed by atoms with E-state index in [2.05, 4.69) is 19.9 Å². The van der Waals surface area contributed by atoms with Crippen molar-refractivity contribution in [3.05, 3.63) is 35.6 Å². The first-order valence-electron chi connectivity index (χ1n) is 6.07. The van der Waals surface area contributed by atoms with Crippen LogP contribution in [0.25, 0.3) is 11.0 Å². The molecule has 2 heteroatoms. The van der Waals surface area contributed by atoms with Crippen molar-refractivity contribution in [2.75, 3.05) is 0 Å². The first kappa shape index (κ1) is 11.9. The maximum absolute atomic E-state index is 11.9. The maximum atomic E-state index is 11.9. The van der Waals surface area contributed by atoms with Crippen LogP contribution in [0.15, 0.2) is 28.7 Å². The van der Waals surface area contributed by atoms with Crippen molar-refractivity contribution in [3.63, 3.8) is 0 Å². The van der Waals surface area contributed by atoms with Gasteiger partial charge in [-0.1, -0.05) is 45.9 Å². The quantitative estimate of drug-likeness (QED) is 0.732. The highest BCUT2D eigenvalue weighted by Crippen LogP contribution is 2.28. The Morgan fingerprint density at radius 3 is 2.47 bits per heavy atom. The largest absolute Gasteiger partial charge is 0.453 e. The van der Waals surface area contributed by atoms with Crippen LogP contribution < -0.4 is 0 Å². The smallest absolute Gasteiger partial charge is 0.200 e. The Bertz CT molecular complexity index is 547. The summed E-state index contributed by atoms with van der Waals surface area (Å²) in [6.45, 7) is 8.03. The molecule has 90 valence electrons. The van der Waals surface area contributed by atoms with E-state index in [4.69, 9.17) is 4.42 Å². The summed E-state index contributed by atoms with van der Waals surface area (Å²) in [5.41, 5.74) is 2.01. The van der Waals surface area contributed by atoms with E-state index in [1.165, 1.54) is 0 Å². The Hall–Kier alpha value is -1.57. The molecule has 1 aromatic heterocycles. The lowest BCUT2D eigenvalue weighted by molar-refractivity contribution is 0.0913. The summed E-state index contributed by atoms with van der Waals surface area (Å²) in [5, 5.41) is 1.01. The monoisotopic (exact) mass is 230 g/mol. The minimum Gasteiger partial charge on any atom is -0.453 e. The predicted molar refractivity (Wildman–Crippen MR) is 69.5 cm³/mol. The van der Waals surface area contributed by atoms with Crippen molar-refractivity contribution < 1.29 is 9.21 Å². The number of hydrogen-bond acceptors (Lipinski definition) is 2. The Kier molecular flexibility index (Phi) is 3.05. The van der Waals surface area contributed by atoms with Gasteiger partial charge in [-0.2, -0.15) is 0 Å². The van der Waals surface area contributed by atoms with Crippen LogP contribution in [0.2, 0.25) is 0 Å². The van der Waals surface area contributed by atoms with Crippen LogP contribution in [0, 0.1) is 5.92 Å². The standard InChI is InChI=1S/C15H18O2/c1-9(2)12-7-5-6-11-8-13(17-15(11)12)14(16)10(3)4/h5-10H,1-4H3. The maximum Gasteiger partial charge on any atom is 0.200 e. The second kappa shape index (κ2) is 4.36. The molecule has 1 heterocycles. The average Bonchev–Trinajstić information content (AvgIpc) is 2.70. The number of ketones is 1. The van der Waals surface area contributed by atoms with E-state index in [1.54, 1.807) is 0 Å². The summed E-state index contributed by atoms with van der Waals surface area (Å²) in [5.74, 6) is 0.906. The summed E-state index contributed by atoms with van der Waals surface area (Å²) in [4.78, 5) is 11.9. The van der Waals surface area contributed by atoms with Gasteiger partial charge in [0.1, 0.15) is 5.58 Å². The number of para-hydroxylation sites is 1. The molecule has 0 saturated heterocycles. The predicted octanol–water partition coefficient (Wildman–Crippen LogP) is 4.39. The van der Waals surface area contributed by atoms with Crippen molar-refractivity contribution in [2.24, 2.45) is 5.92 Å². The molecule has 0 bridgehead atoms. The average molecular weight is 230 g/mol. The zero-order valence-corrected chi connectivity index (χ0v) is 10.8. The highest BCUT2D eigenvalue weighted by Gasteiger charge is 2.17. The zero-order chi connectivity index (χ0) is 12.6. The van der Waals surface area contributed by atoms with Gasteiger partial charge in [-0.05, 0) is 17.5 Å². The number of carbonyl (C=O) groups is 1. The molecule has 1 aromatic carbocycles. The van der Waals surface area contributed by atoms with E-state index in [1.807, 2.05) is 32.0 Å². The Labute approximate surface area is 102 Å². The van der Waals surface area contributed by atoms with Crippen LogP contribution in [0.4, 0.5) is 0 Å². The van der Waals surface area contributed by atoms with Gasteiger partial charge in [0.25, 0.3) is 0 Å². The van der Waals surface area contributed by atoms with Gasteiger partial charge < -0.3 is 4.42 Å². The van der Waals surface area contributed by atoms with Crippen LogP contribution in [0.5, 0.6) is 0 Å². The molecule has 0 N–H and O–H groups in total. The van der Waals surface area contributed by atoms with E-state index < -0.39 is 0 Å². The molecular formula is C15H18O2. The normalized spacial score (nSPS) is 11.6. The van der Waals surface area contributed by atoms with Crippen molar-refractivity contribution in [3.8, 4) is 0 Å². The number of furan rings is 1. The van der Waals surface area contributed by atoms with Crippen molar-refractivity contribution in [2.45, 2.75) is 33.6 Å². The van der Waals surface area contributed by atoms with E-state index in [9.17, 15) is 4.79 Å². The molecule has 17 heavy (non-hydrogen) atoms. The van der Waals surface area contributed by atoms with E-state index >= 15 is 0 Å². The number of fused-ring (bicyclic) bond motifs is 1. The molecule has 0 fully saturated rings. The number of Topliss-reactive ketones (excluding diaryl/α,β-unsaturated/α-hetero) is 1. The van der Waals surface area contributed by atoms with Gasteiger partial charge in [0.05, 0.1) is 0 Å². The molecular weight excluding hydrogens is 212 g/mol. The Morgan fingerprint density at radius 1 is 1.18 bits per heavy atom. The second-order valence-corrected chi connectivity index (χ2v) is 5.05. The van der Waals surface area contributed by atoms with Gasteiger partial charge in [0.2, 0.25) is 5.78 Å². The second-order valence-electron chi connectivity index (χ2n) is 5.05. The lowest BCUT2D eigenvalue weighted by Gasteiger charge is -2.05. The molecule has 0 saturated carbocycles. The minimum atomic E-state index is -0.0296. The van der Waals surface area contributed by atoms with Gasteiger partial charge in [0, 0.05) is 11.3 Å². The molecule has 2 aromatic rings. The van der Waals surface area contributed by atoms with Crippen LogP contribution in [0.1, 0.15) is 49.7 Å². The van der Waals surface area contributed by atoms with Crippen LogP contribution >= 0.6 is 0 Å². The first-order valence-corrected chi connectivity index (χ1v) is 6.07. The van der Waals surface area contributed by atoms with Crippen LogP contribution in [0.3, 0.4) is 0 Å².